The van der Waals surface area contributed by atoms with Crippen molar-refractivity contribution in [2.45, 2.75) is 4.90 Å². The monoisotopic (exact) mass is 393 g/mol. The quantitative estimate of drug-likeness (QED) is 0.833. The number of sulfonamides is 1. The van der Waals surface area contributed by atoms with Gasteiger partial charge < -0.3 is 5.32 Å². The van der Waals surface area contributed by atoms with Gasteiger partial charge in [-0.2, -0.15) is 0 Å². The lowest BCUT2D eigenvalue weighted by Gasteiger charge is -2.13. The van der Waals surface area contributed by atoms with Crippen molar-refractivity contribution in [3.05, 3.63) is 45.9 Å². The van der Waals surface area contributed by atoms with Gasteiger partial charge in [0.05, 0.1) is 16.4 Å². The molecule has 1 aromatic carbocycles. The van der Waals surface area contributed by atoms with Gasteiger partial charge in [-0.25, -0.2) is 12.8 Å². The summed E-state index contributed by atoms with van der Waals surface area (Å²) in [5, 5.41) is 2.71. The number of hydrogen-bond donors (Lipinski definition) is 2. The van der Waals surface area contributed by atoms with Crippen molar-refractivity contribution in [1.82, 2.24) is 4.98 Å². The fraction of sp³-hybridized carbons (Fsp3) is 0.0833. The zero-order chi connectivity index (χ0) is 15.6. The number of nitrogens with one attached hydrogen (secondary N) is 2. The minimum Gasteiger partial charge on any atom is -0.387 e. The van der Waals surface area contributed by atoms with E-state index in [-0.39, 0.29) is 20.1 Å². The third-order valence-electron chi connectivity index (χ3n) is 2.59. The first-order valence-electron chi connectivity index (χ1n) is 5.64. The van der Waals surface area contributed by atoms with Crippen LogP contribution in [0.1, 0.15) is 0 Å². The van der Waals surface area contributed by atoms with E-state index in [0.29, 0.717) is 5.69 Å². The molecule has 0 amide bonds. The lowest BCUT2D eigenvalue weighted by Crippen LogP contribution is -2.15. The van der Waals surface area contributed by atoms with Crippen molar-refractivity contribution in [3.63, 3.8) is 0 Å². The smallest absolute Gasteiger partial charge is 0.265 e. The van der Waals surface area contributed by atoms with E-state index in [2.05, 4.69) is 31.0 Å². The van der Waals surface area contributed by atoms with Gasteiger partial charge in [-0.1, -0.05) is 11.6 Å². The van der Waals surface area contributed by atoms with Gasteiger partial charge in [0.1, 0.15) is 10.7 Å². The predicted molar refractivity (Wildman–Crippen MR) is 83.7 cm³/mol. The molecule has 0 aliphatic rings. The molecule has 0 saturated carbocycles. The van der Waals surface area contributed by atoms with E-state index >= 15 is 0 Å². The van der Waals surface area contributed by atoms with Crippen molar-refractivity contribution < 1.29 is 12.8 Å². The van der Waals surface area contributed by atoms with Gasteiger partial charge >= 0.3 is 0 Å². The van der Waals surface area contributed by atoms with E-state index in [0.717, 1.165) is 12.1 Å². The summed E-state index contributed by atoms with van der Waals surface area (Å²) in [5.74, 6) is -0.577. The van der Waals surface area contributed by atoms with E-state index in [1.807, 2.05) is 0 Å². The molecule has 2 aromatic rings. The normalized spacial score (nSPS) is 11.2. The Morgan fingerprint density at radius 2 is 2.10 bits per heavy atom. The molecule has 0 aliphatic carbocycles. The lowest BCUT2D eigenvalue weighted by atomic mass is 10.3. The molecule has 112 valence electrons. The van der Waals surface area contributed by atoms with Crippen LogP contribution in [0.3, 0.4) is 0 Å². The minimum absolute atomic E-state index is 0.0419. The van der Waals surface area contributed by atoms with Crippen molar-refractivity contribution in [3.8, 4) is 0 Å². The van der Waals surface area contributed by atoms with E-state index in [1.54, 1.807) is 7.05 Å². The number of hydrogen-bond acceptors (Lipinski definition) is 4. The number of anilines is 2. The average Bonchev–Trinajstić information content (AvgIpc) is 2.43. The van der Waals surface area contributed by atoms with Crippen LogP contribution < -0.4 is 10.0 Å². The topological polar surface area (TPSA) is 71.1 Å². The van der Waals surface area contributed by atoms with Crippen LogP contribution >= 0.6 is 27.5 Å². The summed E-state index contributed by atoms with van der Waals surface area (Å²) in [7, 11) is -2.33. The summed E-state index contributed by atoms with van der Waals surface area (Å²) in [6, 6.07) is 3.66. The lowest BCUT2D eigenvalue weighted by molar-refractivity contribution is 0.601. The zero-order valence-electron chi connectivity index (χ0n) is 10.7. The molecular weight excluding hydrogens is 385 g/mol. The van der Waals surface area contributed by atoms with Gasteiger partial charge in [0.15, 0.2) is 0 Å². The number of pyridine rings is 1. The summed E-state index contributed by atoms with van der Waals surface area (Å²) in [4.78, 5) is 3.75. The average molecular weight is 395 g/mol. The molecule has 1 aromatic heterocycles. The minimum atomic E-state index is -3.93. The molecule has 2 N–H and O–H groups in total. The highest BCUT2D eigenvalue weighted by Gasteiger charge is 2.21. The summed E-state index contributed by atoms with van der Waals surface area (Å²) in [6.45, 7) is 0. The Kier molecular flexibility index (Phi) is 4.70. The van der Waals surface area contributed by atoms with Gasteiger partial charge in [0.25, 0.3) is 10.0 Å². The largest absolute Gasteiger partial charge is 0.387 e. The van der Waals surface area contributed by atoms with Gasteiger partial charge in [-0.3, -0.25) is 9.71 Å². The molecule has 2 rings (SSSR count). The van der Waals surface area contributed by atoms with Crippen LogP contribution in [0.25, 0.3) is 0 Å². The molecular formula is C12H10BrClFN3O2S. The van der Waals surface area contributed by atoms with E-state index < -0.39 is 15.8 Å². The number of nitrogens with zero attached hydrogens (tertiary/aromatic N) is 1. The van der Waals surface area contributed by atoms with Gasteiger partial charge in [-0.15, -0.1) is 0 Å². The van der Waals surface area contributed by atoms with Gasteiger partial charge in [0.2, 0.25) is 0 Å². The molecule has 0 spiro atoms. The second-order valence-corrected chi connectivity index (χ2v) is 6.88. The maximum Gasteiger partial charge on any atom is 0.265 e. The first-order chi connectivity index (χ1) is 9.85. The van der Waals surface area contributed by atoms with Crippen LogP contribution in [0, 0.1) is 5.82 Å². The highest BCUT2D eigenvalue weighted by atomic mass is 79.9. The molecule has 0 bridgehead atoms. The van der Waals surface area contributed by atoms with E-state index in [9.17, 15) is 12.8 Å². The number of aromatic nitrogens is 1. The number of rotatable bonds is 4. The third kappa shape index (κ3) is 3.45. The molecule has 1 heterocycles. The van der Waals surface area contributed by atoms with E-state index in [4.69, 9.17) is 11.6 Å². The first-order valence-corrected chi connectivity index (χ1v) is 8.29. The summed E-state index contributed by atoms with van der Waals surface area (Å²) >= 11 is 8.95. The fourth-order valence-electron chi connectivity index (χ4n) is 1.63. The van der Waals surface area contributed by atoms with Crippen molar-refractivity contribution in [2.75, 3.05) is 17.1 Å². The Hall–Kier alpha value is -1.38. The van der Waals surface area contributed by atoms with Crippen LogP contribution in [-0.2, 0) is 10.0 Å². The fourth-order valence-corrected chi connectivity index (χ4v) is 3.97. The summed E-state index contributed by atoms with van der Waals surface area (Å²) in [6.07, 6.45) is 2.67. The van der Waals surface area contributed by atoms with Gasteiger partial charge in [0, 0.05) is 23.9 Å². The Morgan fingerprint density at radius 1 is 1.38 bits per heavy atom. The maximum absolute atomic E-state index is 13.2. The molecule has 9 heteroatoms. The standard InChI is InChI=1S/C12H10BrClFN3O2S/c1-16-10-2-3-17-6-11(10)21(19,20)18-12-8(13)4-7(15)5-9(12)14/h2-6,18H,1H3,(H,16,17). The molecule has 0 unspecified atom stereocenters. The van der Waals surface area contributed by atoms with Crippen LogP contribution in [-0.4, -0.2) is 20.4 Å². The number of benzene rings is 1. The maximum atomic E-state index is 13.2. The van der Waals surface area contributed by atoms with Gasteiger partial charge in [-0.05, 0) is 34.1 Å². The molecule has 5 nitrogen and oxygen atoms in total. The van der Waals surface area contributed by atoms with Crippen LogP contribution in [0.15, 0.2) is 40.0 Å². The molecule has 21 heavy (non-hydrogen) atoms. The molecule has 0 atom stereocenters. The Labute approximate surface area is 134 Å². The highest BCUT2D eigenvalue weighted by molar-refractivity contribution is 9.10. The van der Waals surface area contributed by atoms with Crippen molar-refractivity contribution >= 4 is 48.9 Å². The molecule has 0 radical (unpaired) electrons. The SMILES string of the molecule is CNc1ccncc1S(=O)(=O)Nc1c(Cl)cc(F)cc1Br. The van der Waals surface area contributed by atoms with Crippen LogP contribution in [0.5, 0.6) is 0 Å². The number of halogens is 3. The predicted octanol–water partition coefficient (Wildman–Crippen LogP) is 3.48. The zero-order valence-corrected chi connectivity index (χ0v) is 13.9. The third-order valence-corrected chi connectivity index (χ3v) is 4.89. The highest BCUT2D eigenvalue weighted by Crippen LogP contribution is 2.34. The summed E-state index contributed by atoms with van der Waals surface area (Å²) < 4.78 is 40.5. The molecule has 0 saturated heterocycles. The Balaban J connectivity index is 2.48. The molecule has 0 fully saturated rings. The Bertz CT molecular complexity index is 763. The van der Waals surface area contributed by atoms with Crippen molar-refractivity contribution in [2.24, 2.45) is 0 Å². The summed E-state index contributed by atoms with van der Waals surface area (Å²) in [5.41, 5.74) is 0.441. The Morgan fingerprint density at radius 3 is 2.71 bits per heavy atom. The van der Waals surface area contributed by atoms with E-state index in [1.165, 1.54) is 18.5 Å². The first kappa shape index (κ1) is 16.0. The van der Waals surface area contributed by atoms with Crippen LogP contribution in [0.2, 0.25) is 5.02 Å². The molecule has 0 aliphatic heterocycles. The second-order valence-electron chi connectivity index (χ2n) is 3.97. The second kappa shape index (κ2) is 6.17. The van der Waals surface area contributed by atoms with Crippen LogP contribution in [0.4, 0.5) is 15.8 Å². The van der Waals surface area contributed by atoms with Crippen molar-refractivity contribution in [1.29, 1.82) is 0 Å².